The van der Waals surface area contributed by atoms with E-state index in [0.29, 0.717) is 49.2 Å². The molecule has 0 atom stereocenters. The SMILES string of the molecule is CCN(CC)c1ccc(N=Nc2ncc(C(F)(F)F)cc2Cl)c(O)c1.Cc1cccnc1N=Nc1c(O)ccc2ccccc12.Oc1ccc2ccccc2c1N=Nc1ncc(Cl)cc1Cl.Oc1ccc2ccccc2c1N=Nc1ncc(Cl)cc1Cl.[Zn].[Zn]. The molecular formula is C62H47Cl5F3N13O4Zn2. The molecule has 0 fully saturated rings. The summed E-state index contributed by atoms with van der Waals surface area (Å²) in [6, 6.07) is 45.6. The van der Waals surface area contributed by atoms with Gasteiger partial charge in [0, 0.05) is 105 Å². The zero-order valence-corrected chi connectivity index (χ0v) is 57.0. The Morgan fingerprint density at radius 2 is 0.831 bits per heavy atom. The standard InChI is InChI=1S/C16H16ClF3N4O.C16H13N3O.2C15H9Cl2N3O.2Zn/c1-3-24(4-2)11-5-6-13(14(25)8-11)22-23-15-12(17)7-10(9-21-15)16(18,19)20;1-11-5-4-10-17-16(11)19-18-15-13-7-3-2-6-12(13)8-9-14(15)20;2*16-10-7-12(17)15(18-8-10)20-19-14-11-4-2-1-3-9(11)5-6-13(14)21;;/h5-9,25H,3-4H2,1-2H3;2-10,20H,1H3;2*1-8,21H;;. The maximum Gasteiger partial charge on any atom is 0.417 e. The number of phenols is 4. The summed E-state index contributed by atoms with van der Waals surface area (Å²) < 4.78 is 37.7. The van der Waals surface area contributed by atoms with Gasteiger partial charge in [-0.15, -0.1) is 40.9 Å². The molecule has 27 heteroatoms. The Morgan fingerprint density at radius 3 is 1.22 bits per heavy atom. The summed E-state index contributed by atoms with van der Waals surface area (Å²) in [6.45, 7) is 7.47. The van der Waals surface area contributed by atoms with Crippen molar-refractivity contribution in [3.8, 4) is 23.0 Å². The number of halogens is 8. The minimum absolute atomic E-state index is 0. The molecule has 0 saturated carbocycles. The molecule has 7 aromatic carbocycles. The summed E-state index contributed by atoms with van der Waals surface area (Å²) in [6.07, 6.45) is 0.633. The normalized spacial score (nSPS) is 11.2. The van der Waals surface area contributed by atoms with Crippen LogP contribution < -0.4 is 4.90 Å². The molecule has 0 unspecified atom stereocenters. The fourth-order valence-electron chi connectivity index (χ4n) is 8.02. The van der Waals surface area contributed by atoms with Crippen molar-refractivity contribution in [3.05, 3.63) is 219 Å². The average molecular weight is 1400 g/mol. The molecule has 444 valence electrons. The third-order valence-electron chi connectivity index (χ3n) is 12.4. The van der Waals surface area contributed by atoms with Crippen molar-refractivity contribution in [2.24, 2.45) is 40.9 Å². The molecule has 0 aliphatic carbocycles. The topological polar surface area (TPSA) is 235 Å². The molecule has 11 rings (SSSR count). The monoisotopic (exact) mass is 1400 g/mol. The van der Waals surface area contributed by atoms with Gasteiger partial charge in [0.05, 0.1) is 30.7 Å². The van der Waals surface area contributed by atoms with E-state index in [1.54, 1.807) is 42.6 Å². The Hall–Kier alpha value is -8.19. The van der Waals surface area contributed by atoms with Crippen molar-refractivity contribution in [2.75, 3.05) is 18.0 Å². The van der Waals surface area contributed by atoms with Crippen molar-refractivity contribution in [2.45, 2.75) is 26.9 Å². The van der Waals surface area contributed by atoms with Gasteiger partial charge in [0.1, 0.15) is 45.7 Å². The van der Waals surface area contributed by atoms with E-state index in [1.165, 1.54) is 24.5 Å². The Labute approximate surface area is 557 Å². The molecule has 0 aliphatic heterocycles. The smallest absolute Gasteiger partial charge is 0.417 e. The van der Waals surface area contributed by atoms with Crippen LogP contribution in [-0.4, -0.2) is 53.5 Å². The second-order valence-electron chi connectivity index (χ2n) is 18.2. The van der Waals surface area contributed by atoms with Crippen LogP contribution in [-0.2, 0) is 45.1 Å². The third-order valence-corrected chi connectivity index (χ3v) is 13.7. The second kappa shape index (κ2) is 32.9. The maximum absolute atomic E-state index is 12.6. The quantitative estimate of drug-likeness (QED) is 0.0711. The van der Waals surface area contributed by atoms with Crippen molar-refractivity contribution in [3.63, 3.8) is 0 Å². The molecule has 0 amide bonds. The van der Waals surface area contributed by atoms with Gasteiger partial charge in [0.25, 0.3) is 0 Å². The predicted molar refractivity (Wildman–Crippen MR) is 337 cm³/mol. The summed E-state index contributed by atoms with van der Waals surface area (Å²) >= 11 is 29.3. The van der Waals surface area contributed by atoms with Gasteiger partial charge >= 0.3 is 6.18 Å². The van der Waals surface area contributed by atoms with Crippen LogP contribution in [0.2, 0.25) is 25.1 Å². The van der Waals surface area contributed by atoms with Crippen molar-refractivity contribution >= 4 is 142 Å². The van der Waals surface area contributed by atoms with Crippen molar-refractivity contribution in [1.29, 1.82) is 0 Å². The van der Waals surface area contributed by atoms with Crippen LogP contribution in [0.15, 0.2) is 223 Å². The minimum atomic E-state index is -4.54. The number of anilines is 1. The minimum Gasteiger partial charge on any atom is -0.506 e. The van der Waals surface area contributed by atoms with Crippen LogP contribution in [0.3, 0.4) is 0 Å². The van der Waals surface area contributed by atoms with Crippen LogP contribution in [0.5, 0.6) is 23.0 Å². The number of nitrogens with zero attached hydrogens (tertiary/aromatic N) is 13. The number of pyridine rings is 4. The molecule has 0 saturated heterocycles. The molecule has 0 aliphatic rings. The van der Waals surface area contributed by atoms with E-state index >= 15 is 0 Å². The van der Waals surface area contributed by atoms with Gasteiger partial charge in [-0.05, 0) is 97.1 Å². The van der Waals surface area contributed by atoms with Gasteiger partial charge in [-0.3, -0.25) is 0 Å². The summed E-state index contributed by atoms with van der Waals surface area (Å²) in [7, 11) is 0. The number of benzene rings is 7. The second-order valence-corrected chi connectivity index (χ2v) is 20.3. The van der Waals surface area contributed by atoms with Crippen LogP contribution in [0, 0.1) is 6.92 Å². The van der Waals surface area contributed by atoms with Crippen LogP contribution in [0.25, 0.3) is 32.3 Å². The molecule has 11 aromatic rings. The van der Waals surface area contributed by atoms with Gasteiger partial charge in [-0.1, -0.05) is 155 Å². The predicted octanol–water partition coefficient (Wildman–Crippen LogP) is 21.7. The van der Waals surface area contributed by atoms with Gasteiger partial charge in [0.15, 0.2) is 23.3 Å². The van der Waals surface area contributed by atoms with Crippen LogP contribution in [0.1, 0.15) is 25.0 Å². The zero-order valence-electron chi connectivity index (χ0n) is 47.3. The number of aryl methyl sites for hydroxylation is 1. The number of rotatable bonds is 11. The first-order valence-electron chi connectivity index (χ1n) is 25.9. The molecule has 0 spiro atoms. The molecule has 17 nitrogen and oxygen atoms in total. The summed E-state index contributed by atoms with van der Waals surface area (Å²) in [5.41, 5.74) is 2.18. The molecule has 0 bridgehead atoms. The number of aromatic nitrogens is 4. The first kappa shape index (κ1) is 69.9. The first-order valence-corrected chi connectivity index (χ1v) is 27.8. The van der Waals surface area contributed by atoms with E-state index in [1.807, 2.05) is 129 Å². The molecule has 89 heavy (non-hydrogen) atoms. The van der Waals surface area contributed by atoms with E-state index in [4.69, 9.17) is 58.0 Å². The fraction of sp³-hybridized carbons (Fsp3) is 0.0968. The molecular weight excluding hydrogens is 1360 g/mol. The number of azo groups is 4. The van der Waals surface area contributed by atoms with Crippen LogP contribution >= 0.6 is 58.0 Å². The van der Waals surface area contributed by atoms with Gasteiger partial charge in [-0.25, -0.2) is 19.9 Å². The van der Waals surface area contributed by atoms with Crippen LogP contribution in [0.4, 0.5) is 64.9 Å². The largest absolute Gasteiger partial charge is 0.506 e. The molecule has 4 N–H and O–H groups in total. The first-order chi connectivity index (χ1) is 41.8. The van der Waals surface area contributed by atoms with Gasteiger partial charge in [0.2, 0.25) is 0 Å². The Morgan fingerprint density at radius 1 is 0.427 bits per heavy atom. The third kappa shape index (κ3) is 18.7. The number of hydrogen-bond acceptors (Lipinski definition) is 17. The number of aromatic hydroxyl groups is 4. The molecule has 4 heterocycles. The van der Waals surface area contributed by atoms with E-state index in [0.717, 1.165) is 62.7 Å². The molecule has 4 aromatic heterocycles. The van der Waals surface area contributed by atoms with E-state index < -0.39 is 11.7 Å². The van der Waals surface area contributed by atoms with Gasteiger partial charge < -0.3 is 25.3 Å². The summed E-state index contributed by atoms with van der Waals surface area (Å²) in [5.74, 6) is 0.978. The zero-order chi connectivity index (χ0) is 62.2. The Kier molecular flexibility index (Phi) is 25.8. The number of phenolic OH excluding ortho intramolecular Hbond substituents is 4. The number of hydrogen-bond donors (Lipinski definition) is 4. The molecule has 0 radical (unpaired) electrons. The summed E-state index contributed by atoms with van der Waals surface area (Å²) in [4.78, 5) is 17.8. The number of fused-ring (bicyclic) bond motifs is 3. The number of alkyl halides is 3. The van der Waals surface area contributed by atoms with Crippen molar-refractivity contribution < 1.29 is 72.6 Å². The van der Waals surface area contributed by atoms with E-state index in [-0.39, 0.29) is 90.1 Å². The summed E-state index contributed by atoms with van der Waals surface area (Å²) in [5, 5.41) is 78.5. The van der Waals surface area contributed by atoms with Crippen molar-refractivity contribution in [1.82, 2.24) is 19.9 Å². The van der Waals surface area contributed by atoms with Gasteiger partial charge in [-0.2, -0.15) is 13.2 Å². The van der Waals surface area contributed by atoms with E-state index in [2.05, 4.69) is 60.8 Å². The Balaban J connectivity index is 0.000000188. The van der Waals surface area contributed by atoms with E-state index in [9.17, 15) is 33.6 Å². The Bertz CT molecular complexity index is 4260. The average Bonchev–Trinajstić information content (AvgIpc) is 3.65. The maximum atomic E-state index is 12.6. The fourth-order valence-corrected chi connectivity index (χ4v) is 9.06.